The molecule has 5 heteroatoms. The molecule has 0 radical (unpaired) electrons. The number of benzene rings is 11. The Kier molecular flexibility index (Phi) is 9.84. The zero-order chi connectivity index (χ0) is 48.4. The fraction of sp³-hybridized carbons (Fsp3) is 0. The van der Waals surface area contributed by atoms with Gasteiger partial charge in [0.05, 0.1) is 44.5 Å². The van der Waals surface area contributed by atoms with Gasteiger partial charge in [0.15, 0.2) is 0 Å². The summed E-state index contributed by atoms with van der Waals surface area (Å²) >= 11 is 0. The van der Waals surface area contributed by atoms with Crippen LogP contribution in [0.4, 0.5) is 0 Å². The first-order valence-corrected chi connectivity index (χ1v) is 24.7. The smallest absolute Gasteiger partial charge is 0.145 e. The molecule has 0 atom stereocenters. The molecule has 73 heavy (non-hydrogen) atoms. The summed E-state index contributed by atoms with van der Waals surface area (Å²) < 4.78 is 6.87. The predicted molar refractivity (Wildman–Crippen MR) is 302 cm³/mol. The molecule has 0 aliphatic heterocycles. The third-order valence-corrected chi connectivity index (χ3v) is 14.5. The second-order valence-corrected chi connectivity index (χ2v) is 18.7. The maximum atomic E-state index is 12.0. The first kappa shape index (κ1) is 41.9. The van der Waals surface area contributed by atoms with E-state index in [1.54, 1.807) is 0 Å². The summed E-state index contributed by atoms with van der Waals surface area (Å²) in [5.41, 5.74) is 18.9. The van der Waals surface area contributed by atoms with E-state index >= 15 is 0 Å². The molecule has 14 aromatic rings. The number of hydrogen-bond acceptors (Lipinski definition) is 2. The van der Waals surface area contributed by atoms with Crippen molar-refractivity contribution < 1.29 is 0 Å². The van der Waals surface area contributed by atoms with Gasteiger partial charge in [-0.2, -0.15) is 5.26 Å². The van der Waals surface area contributed by atoms with Crippen LogP contribution in [0.15, 0.2) is 261 Å². The molecule has 14 rings (SSSR count). The van der Waals surface area contributed by atoms with Crippen LogP contribution < -0.4 is 0 Å². The monoisotopic (exact) mass is 929 g/mol. The molecule has 340 valence electrons. The molecule has 0 bridgehead atoms. The Balaban J connectivity index is 1.12. The number of nitriles is 1. The van der Waals surface area contributed by atoms with E-state index in [4.69, 9.17) is 4.98 Å². The molecule has 0 saturated carbocycles. The lowest BCUT2D eigenvalue weighted by Gasteiger charge is -2.19. The highest BCUT2D eigenvalue weighted by Crippen LogP contribution is 2.44. The van der Waals surface area contributed by atoms with Crippen LogP contribution in [0.3, 0.4) is 0 Å². The van der Waals surface area contributed by atoms with Gasteiger partial charge in [-0.05, 0) is 129 Å². The third-order valence-electron chi connectivity index (χ3n) is 14.5. The summed E-state index contributed by atoms with van der Waals surface area (Å²) in [5.74, 6) is 0.774. The first-order chi connectivity index (χ1) is 36.2. The van der Waals surface area contributed by atoms with E-state index in [0.717, 1.165) is 128 Å². The van der Waals surface area contributed by atoms with E-state index in [1.807, 2.05) is 12.1 Å². The van der Waals surface area contributed by atoms with Gasteiger partial charge in [-0.15, -0.1) is 0 Å². The molecule has 11 aromatic carbocycles. The van der Waals surface area contributed by atoms with Gasteiger partial charge < -0.3 is 9.13 Å². The second-order valence-electron chi connectivity index (χ2n) is 18.7. The van der Waals surface area contributed by atoms with Crippen molar-refractivity contribution in [3.63, 3.8) is 0 Å². The quantitative estimate of drug-likeness (QED) is 0.152. The zero-order valence-corrected chi connectivity index (χ0v) is 39.6. The minimum atomic E-state index is 0.544. The normalized spacial score (nSPS) is 11.5. The lowest BCUT2D eigenvalue weighted by atomic mass is 10.0. The molecule has 0 spiro atoms. The molecule has 3 heterocycles. The first-order valence-electron chi connectivity index (χ1n) is 24.7. The van der Waals surface area contributed by atoms with E-state index in [9.17, 15) is 5.26 Å². The molecule has 0 amide bonds. The van der Waals surface area contributed by atoms with Crippen molar-refractivity contribution >= 4 is 54.6 Å². The molecule has 0 aliphatic carbocycles. The van der Waals surface area contributed by atoms with Gasteiger partial charge in [0, 0.05) is 32.8 Å². The highest BCUT2D eigenvalue weighted by molar-refractivity contribution is 6.14. The summed E-state index contributed by atoms with van der Waals surface area (Å²) in [7, 11) is 0. The van der Waals surface area contributed by atoms with Crippen molar-refractivity contribution in [2.24, 2.45) is 0 Å². The Bertz CT molecular complexity index is 4050. The highest BCUT2D eigenvalue weighted by Gasteiger charge is 2.26. The minimum absolute atomic E-state index is 0.544. The van der Waals surface area contributed by atoms with Crippen molar-refractivity contribution in [2.45, 2.75) is 0 Å². The summed E-state index contributed by atoms with van der Waals surface area (Å²) in [4.78, 5) is 5.45. The molecular weight excluding hydrogens is 887 g/mol. The number of rotatable bonds is 8. The van der Waals surface area contributed by atoms with Crippen LogP contribution in [0.25, 0.3) is 128 Å². The summed E-state index contributed by atoms with van der Waals surface area (Å²) in [5, 5.41) is 16.4. The highest BCUT2D eigenvalue weighted by atomic mass is 15.1. The molecular formula is C68H43N5. The Labute approximate surface area is 422 Å². The van der Waals surface area contributed by atoms with Crippen LogP contribution in [0, 0.1) is 11.3 Å². The molecule has 0 unspecified atom stereocenters. The van der Waals surface area contributed by atoms with Gasteiger partial charge in [-0.25, -0.2) is 4.98 Å². The van der Waals surface area contributed by atoms with Crippen LogP contribution in [-0.4, -0.2) is 18.7 Å². The fourth-order valence-corrected chi connectivity index (χ4v) is 11.1. The standard InChI is InChI=1S/C68H43N5/c69-44-59-66(72-61-34-30-49(45-18-6-1-7-19-45)38-55(61)56-39-50(31-35-62(56)72)46-20-8-2-9-21-46)42-53(68-70-60-28-16-17-29-65(60)71(68)54-26-14-5-15-27-54)43-67(59)73-63-36-32-51(47-22-10-3-11-23-47)40-57(63)58-41-52(33-37-64(58)73)48-24-12-4-13-25-48/h1-43H. The Morgan fingerprint density at radius 3 is 1.00 bits per heavy atom. The Morgan fingerprint density at radius 1 is 0.288 bits per heavy atom. The maximum absolute atomic E-state index is 12.0. The number of para-hydroxylation sites is 3. The third kappa shape index (κ3) is 6.96. The summed E-state index contributed by atoms with van der Waals surface area (Å²) in [6.07, 6.45) is 0. The number of aromatic nitrogens is 4. The number of fused-ring (bicyclic) bond motifs is 7. The topological polar surface area (TPSA) is 51.5 Å². The lowest BCUT2D eigenvalue weighted by molar-refractivity contribution is 1.08. The maximum Gasteiger partial charge on any atom is 0.145 e. The van der Waals surface area contributed by atoms with E-state index in [0.29, 0.717) is 5.56 Å². The van der Waals surface area contributed by atoms with Gasteiger partial charge in [0.25, 0.3) is 0 Å². The van der Waals surface area contributed by atoms with E-state index in [1.165, 1.54) is 0 Å². The Morgan fingerprint density at radius 2 is 0.630 bits per heavy atom. The van der Waals surface area contributed by atoms with Crippen molar-refractivity contribution in [2.75, 3.05) is 0 Å². The van der Waals surface area contributed by atoms with Crippen LogP contribution in [-0.2, 0) is 0 Å². The van der Waals surface area contributed by atoms with Crippen molar-refractivity contribution in [3.8, 4) is 79.0 Å². The fourth-order valence-electron chi connectivity index (χ4n) is 11.1. The van der Waals surface area contributed by atoms with Crippen molar-refractivity contribution in [1.82, 2.24) is 18.7 Å². The lowest BCUT2D eigenvalue weighted by Crippen LogP contribution is -2.06. The van der Waals surface area contributed by atoms with E-state index < -0.39 is 0 Å². The van der Waals surface area contributed by atoms with Crippen LogP contribution in [0.1, 0.15) is 5.56 Å². The van der Waals surface area contributed by atoms with Gasteiger partial charge in [-0.3, -0.25) is 4.57 Å². The average Bonchev–Trinajstić information content (AvgIpc) is 4.14. The molecule has 5 nitrogen and oxygen atoms in total. The summed E-state index contributed by atoms with van der Waals surface area (Å²) in [6, 6.07) is 95.2. The zero-order valence-electron chi connectivity index (χ0n) is 39.6. The van der Waals surface area contributed by atoms with Gasteiger partial charge >= 0.3 is 0 Å². The molecule has 0 fully saturated rings. The SMILES string of the molecule is N#Cc1c(-n2c3ccc(-c4ccccc4)cc3c3cc(-c4ccccc4)ccc32)cc(-c2nc3ccccc3n2-c2ccccc2)cc1-n1c2ccc(-c3ccccc3)cc2c2cc(-c3ccccc3)ccc21. The van der Waals surface area contributed by atoms with Gasteiger partial charge in [0.2, 0.25) is 0 Å². The largest absolute Gasteiger partial charge is 0.308 e. The second kappa shape index (κ2) is 17.1. The van der Waals surface area contributed by atoms with Crippen LogP contribution >= 0.6 is 0 Å². The van der Waals surface area contributed by atoms with Crippen molar-refractivity contribution in [1.29, 1.82) is 5.26 Å². The van der Waals surface area contributed by atoms with Gasteiger partial charge in [0.1, 0.15) is 17.5 Å². The number of nitrogens with zero attached hydrogens (tertiary/aromatic N) is 5. The Hall–Kier alpha value is -10.0. The minimum Gasteiger partial charge on any atom is -0.308 e. The molecule has 0 saturated heterocycles. The number of imidazole rings is 1. The van der Waals surface area contributed by atoms with Crippen LogP contribution in [0.5, 0.6) is 0 Å². The molecule has 0 N–H and O–H groups in total. The average molecular weight is 930 g/mol. The van der Waals surface area contributed by atoms with E-state index in [-0.39, 0.29) is 0 Å². The molecule has 0 aliphatic rings. The van der Waals surface area contributed by atoms with E-state index in [2.05, 4.69) is 268 Å². The summed E-state index contributed by atoms with van der Waals surface area (Å²) in [6.45, 7) is 0. The predicted octanol–water partition coefficient (Wildman–Crippen LogP) is 17.4. The van der Waals surface area contributed by atoms with Crippen LogP contribution in [0.2, 0.25) is 0 Å². The number of hydrogen-bond donors (Lipinski definition) is 0. The molecule has 3 aromatic heterocycles. The van der Waals surface area contributed by atoms with Crippen molar-refractivity contribution in [3.05, 3.63) is 266 Å². The van der Waals surface area contributed by atoms with Gasteiger partial charge in [-0.1, -0.05) is 176 Å².